The van der Waals surface area contributed by atoms with Gasteiger partial charge in [-0.1, -0.05) is 6.92 Å². The van der Waals surface area contributed by atoms with Crippen molar-refractivity contribution < 1.29 is 19.7 Å². The van der Waals surface area contributed by atoms with E-state index in [-0.39, 0.29) is 19.8 Å². The predicted octanol–water partition coefficient (Wildman–Crippen LogP) is -0.353. The van der Waals surface area contributed by atoms with Gasteiger partial charge in [-0.2, -0.15) is 0 Å². The topological polar surface area (TPSA) is 85.9 Å². The van der Waals surface area contributed by atoms with E-state index >= 15 is 0 Å². The molecule has 16 heavy (non-hydrogen) atoms. The molecule has 0 aromatic carbocycles. The van der Waals surface area contributed by atoms with Gasteiger partial charge in [0.2, 0.25) is 0 Å². The zero-order valence-electron chi connectivity index (χ0n) is 9.44. The van der Waals surface area contributed by atoms with Gasteiger partial charge in [0.1, 0.15) is 11.5 Å². The first-order valence-corrected chi connectivity index (χ1v) is 5.35. The van der Waals surface area contributed by atoms with E-state index in [2.05, 4.69) is 5.32 Å². The molecule has 0 aliphatic carbocycles. The van der Waals surface area contributed by atoms with Crippen LogP contribution in [0.5, 0.6) is 0 Å². The van der Waals surface area contributed by atoms with Gasteiger partial charge < -0.3 is 19.7 Å². The number of aliphatic hydroxyl groups is 3. The second kappa shape index (κ2) is 6.00. The Morgan fingerprint density at radius 1 is 1.12 bits per heavy atom. The monoisotopic (exact) mass is 229 g/mol. The van der Waals surface area contributed by atoms with Crippen LogP contribution in [-0.4, -0.2) is 40.7 Å². The van der Waals surface area contributed by atoms with Crippen molar-refractivity contribution in [3.8, 4) is 0 Å². The molecule has 1 aromatic rings. The maximum Gasteiger partial charge on any atom is 0.117 e. The Kier molecular flexibility index (Phi) is 4.95. The Labute approximate surface area is 94.7 Å². The Bertz CT molecular complexity index is 298. The summed E-state index contributed by atoms with van der Waals surface area (Å²) < 4.78 is 5.45. The first-order valence-electron chi connectivity index (χ1n) is 5.35. The highest BCUT2D eigenvalue weighted by Crippen LogP contribution is 2.10. The minimum atomic E-state index is -1.06. The zero-order chi connectivity index (χ0) is 12.0. The third kappa shape index (κ3) is 3.05. The van der Waals surface area contributed by atoms with Crippen LogP contribution in [0, 0.1) is 0 Å². The molecule has 0 saturated carbocycles. The quantitative estimate of drug-likeness (QED) is 0.513. The normalized spacial score (nSPS) is 12.0. The van der Waals surface area contributed by atoms with Crippen molar-refractivity contribution in [2.75, 3.05) is 19.8 Å². The van der Waals surface area contributed by atoms with Crippen LogP contribution in [0.25, 0.3) is 0 Å². The van der Waals surface area contributed by atoms with E-state index in [1.54, 1.807) is 0 Å². The van der Waals surface area contributed by atoms with Crippen LogP contribution in [0.2, 0.25) is 0 Å². The average molecular weight is 229 g/mol. The number of rotatable bonds is 7. The maximum absolute atomic E-state index is 9.09. The van der Waals surface area contributed by atoms with E-state index in [0.29, 0.717) is 6.54 Å². The SMILES string of the molecule is CCc1ccc(CNC(CO)(CO)CO)o1. The Morgan fingerprint density at radius 2 is 1.69 bits per heavy atom. The predicted molar refractivity (Wildman–Crippen MR) is 58.9 cm³/mol. The lowest BCUT2D eigenvalue weighted by molar-refractivity contribution is 0.0401. The van der Waals surface area contributed by atoms with E-state index in [1.807, 2.05) is 19.1 Å². The molecule has 0 atom stereocenters. The molecule has 0 amide bonds. The molecular formula is C11H19NO4. The van der Waals surface area contributed by atoms with Gasteiger partial charge in [0.15, 0.2) is 0 Å². The van der Waals surface area contributed by atoms with Crippen molar-refractivity contribution >= 4 is 0 Å². The van der Waals surface area contributed by atoms with E-state index in [9.17, 15) is 0 Å². The fourth-order valence-corrected chi connectivity index (χ4v) is 1.30. The third-order valence-corrected chi connectivity index (χ3v) is 2.61. The lowest BCUT2D eigenvalue weighted by Crippen LogP contribution is -2.54. The molecule has 0 aliphatic rings. The van der Waals surface area contributed by atoms with Gasteiger partial charge in [0.05, 0.1) is 31.9 Å². The van der Waals surface area contributed by atoms with Gasteiger partial charge in [0.25, 0.3) is 0 Å². The second-order valence-corrected chi connectivity index (χ2v) is 3.83. The molecule has 1 rings (SSSR count). The van der Waals surface area contributed by atoms with Crippen molar-refractivity contribution in [1.29, 1.82) is 0 Å². The summed E-state index contributed by atoms with van der Waals surface area (Å²) in [7, 11) is 0. The van der Waals surface area contributed by atoms with Gasteiger partial charge in [-0.25, -0.2) is 0 Å². The maximum atomic E-state index is 9.09. The van der Waals surface area contributed by atoms with Crippen LogP contribution in [0.3, 0.4) is 0 Å². The van der Waals surface area contributed by atoms with Crippen molar-refractivity contribution in [3.05, 3.63) is 23.7 Å². The second-order valence-electron chi connectivity index (χ2n) is 3.83. The fraction of sp³-hybridized carbons (Fsp3) is 0.636. The molecule has 0 radical (unpaired) electrons. The fourth-order valence-electron chi connectivity index (χ4n) is 1.30. The number of hydrogen-bond donors (Lipinski definition) is 4. The van der Waals surface area contributed by atoms with Crippen LogP contribution < -0.4 is 5.32 Å². The molecule has 1 heterocycles. The third-order valence-electron chi connectivity index (χ3n) is 2.61. The van der Waals surface area contributed by atoms with Crippen LogP contribution in [-0.2, 0) is 13.0 Å². The summed E-state index contributed by atoms with van der Waals surface area (Å²) in [5.41, 5.74) is -1.06. The van der Waals surface area contributed by atoms with Crippen molar-refractivity contribution in [3.63, 3.8) is 0 Å². The highest BCUT2D eigenvalue weighted by atomic mass is 16.3. The number of furan rings is 1. The molecule has 4 N–H and O–H groups in total. The molecule has 92 valence electrons. The first kappa shape index (κ1) is 13.2. The smallest absolute Gasteiger partial charge is 0.117 e. The largest absolute Gasteiger partial charge is 0.465 e. The Hall–Kier alpha value is -0.880. The molecule has 0 aliphatic heterocycles. The minimum Gasteiger partial charge on any atom is -0.465 e. The summed E-state index contributed by atoms with van der Waals surface area (Å²) >= 11 is 0. The van der Waals surface area contributed by atoms with Crippen LogP contribution in [0.15, 0.2) is 16.5 Å². The van der Waals surface area contributed by atoms with Crippen LogP contribution >= 0.6 is 0 Å². The summed E-state index contributed by atoms with van der Waals surface area (Å²) in [5, 5.41) is 30.2. The summed E-state index contributed by atoms with van der Waals surface area (Å²) in [6.07, 6.45) is 0.825. The summed E-state index contributed by atoms with van der Waals surface area (Å²) in [5.74, 6) is 1.61. The molecular weight excluding hydrogens is 210 g/mol. The van der Waals surface area contributed by atoms with Crippen molar-refractivity contribution in [2.45, 2.75) is 25.4 Å². The first-order chi connectivity index (χ1) is 7.69. The number of aryl methyl sites for hydroxylation is 1. The molecule has 1 aromatic heterocycles. The van der Waals surface area contributed by atoms with Crippen LogP contribution in [0.1, 0.15) is 18.4 Å². The average Bonchev–Trinajstić information content (AvgIpc) is 2.80. The zero-order valence-corrected chi connectivity index (χ0v) is 9.44. The molecule has 0 spiro atoms. The number of aliphatic hydroxyl groups excluding tert-OH is 3. The van der Waals surface area contributed by atoms with Gasteiger partial charge in [0, 0.05) is 6.42 Å². The van der Waals surface area contributed by atoms with Gasteiger partial charge >= 0.3 is 0 Å². The van der Waals surface area contributed by atoms with E-state index < -0.39 is 5.54 Å². The Balaban J connectivity index is 2.55. The number of nitrogens with one attached hydrogen (secondary N) is 1. The lowest BCUT2D eigenvalue weighted by Gasteiger charge is -2.28. The highest BCUT2D eigenvalue weighted by molar-refractivity contribution is 5.07. The standard InChI is InChI=1S/C11H19NO4/c1-2-9-3-4-10(16-9)5-12-11(6-13,7-14)8-15/h3-4,12-15H,2,5-8H2,1H3. The molecule has 0 unspecified atom stereocenters. The summed E-state index contributed by atoms with van der Waals surface area (Å²) in [6.45, 7) is 1.36. The molecule has 0 saturated heterocycles. The molecule has 0 bridgehead atoms. The van der Waals surface area contributed by atoms with E-state index in [0.717, 1.165) is 17.9 Å². The van der Waals surface area contributed by atoms with Crippen LogP contribution in [0.4, 0.5) is 0 Å². The molecule has 5 nitrogen and oxygen atoms in total. The van der Waals surface area contributed by atoms with Gasteiger partial charge in [-0.3, -0.25) is 5.32 Å². The van der Waals surface area contributed by atoms with Gasteiger partial charge in [-0.15, -0.1) is 0 Å². The Morgan fingerprint density at radius 3 is 2.12 bits per heavy atom. The van der Waals surface area contributed by atoms with E-state index in [1.165, 1.54) is 0 Å². The molecule has 5 heteroatoms. The van der Waals surface area contributed by atoms with Crippen molar-refractivity contribution in [2.24, 2.45) is 0 Å². The minimum absolute atomic E-state index is 0.332. The number of hydrogen-bond acceptors (Lipinski definition) is 5. The lowest BCUT2D eigenvalue weighted by atomic mass is 10.0. The molecule has 0 fully saturated rings. The summed E-state index contributed by atoms with van der Waals surface area (Å²) in [6, 6.07) is 3.72. The van der Waals surface area contributed by atoms with Crippen molar-refractivity contribution in [1.82, 2.24) is 5.32 Å². The summed E-state index contributed by atoms with van der Waals surface area (Å²) in [4.78, 5) is 0. The van der Waals surface area contributed by atoms with E-state index in [4.69, 9.17) is 19.7 Å². The highest BCUT2D eigenvalue weighted by Gasteiger charge is 2.27. The van der Waals surface area contributed by atoms with Gasteiger partial charge in [-0.05, 0) is 12.1 Å².